The van der Waals surface area contributed by atoms with Crippen molar-refractivity contribution in [2.45, 2.75) is 52.1 Å². The molecular weight excluding hydrogens is 216 g/mol. The van der Waals surface area contributed by atoms with Gasteiger partial charge in [-0.25, -0.2) is 0 Å². The molecule has 2 unspecified atom stereocenters. The van der Waals surface area contributed by atoms with Gasteiger partial charge >= 0.3 is 0 Å². The number of amides is 1. The highest BCUT2D eigenvalue weighted by atomic mass is 16.3. The lowest BCUT2D eigenvalue weighted by molar-refractivity contribution is -0.122. The molecule has 1 amide bonds. The molecule has 1 aromatic heterocycles. The van der Waals surface area contributed by atoms with Crippen LogP contribution in [-0.4, -0.2) is 11.9 Å². The zero-order valence-electron chi connectivity index (χ0n) is 10.8. The summed E-state index contributed by atoms with van der Waals surface area (Å²) in [5, 5.41) is 2.89. The van der Waals surface area contributed by atoms with Gasteiger partial charge < -0.3 is 15.5 Å². The summed E-state index contributed by atoms with van der Waals surface area (Å²) >= 11 is 0. The smallest absolute Gasteiger partial charge is 0.222 e. The van der Waals surface area contributed by atoms with E-state index in [9.17, 15) is 4.79 Å². The van der Waals surface area contributed by atoms with E-state index in [1.807, 2.05) is 26.0 Å². The zero-order chi connectivity index (χ0) is 12.8. The maximum atomic E-state index is 11.7. The fourth-order valence-corrected chi connectivity index (χ4v) is 1.77. The van der Waals surface area contributed by atoms with Crippen LogP contribution >= 0.6 is 0 Å². The summed E-state index contributed by atoms with van der Waals surface area (Å²) in [5.74, 6) is 1.61. The van der Waals surface area contributed by atoms with Crippen molar-refractivity contribution >= 4 is 5.91 Å². The summed E-state index contributed by atoms with van der Waals surface area (Å²) in [7, 11) is 0. The third kappa shape index (κ3) is 4.61. The summed E-state index contributed by atoms with van der Waals surface area (Å²) in [5.41, 5.74) is 5.82. The molecule has 0 bridgehead atoms. The molecule has 4 nitrogen and oxygen atoms in total. The first kappa shape index (κ1) is 13.8. The van der Waals surface area contributed by atoms with Crippen molar-refractivity contribution < 1.29 is 9.21 Å². The molecule has 3 N–H and O–H groups in total. The molecule has 17 heavy (non-hydrogen) atoms. The Morgan fingerprint density at radius 1 is 1.53 bits per heavy atom. The average Bonchev–Trinajstić information content (AvgIpc) is 2.64. The molecule has 4 heteroatoms. The molecular formula is C13H22N2O2. The predicted octanol–water partition coefficient (Wildman–Crippen LogP) is 2.28. The van der Waals surface area contributed by atoms with Crippen molar-refractivity contribution in [1.82, 2.24) is 5.32 Å². The number of aryl methyl sites for hydroxylation is 1. The Hall–Kier alpha value is -1.29. The van der Waals surface area contributed by atoms with Crippen LogP contribution in [0.3, 0.4) is 0 Å². The first-order valence-corrected chi connectivity index (χ1v) is 6.14. The second-order valence-electron chi connectivity index (χ2n) is 4.49. The maximum Gasteiger partial charge on any atom is 0.222 e. The Bertz CT molecular complexity index is 360. The SMILES string of the molecule is CCCC(N)CC(=O)NC(C)c1ccc(C)o1. The quantitative estimate of drug-likeness (QED) is 0.799. The van der Waals surface area contributed by atoms with Gasteiger partial charge in [0.05, 0.1) is 6.04 Å². The molecule has 0 fully saturated rings. The van der Waals surface area contributed by atoms with E-state index in [-0.39, 0.29) is 18.0 Å². The van der Waals surface area contributed by atoms with Gasteiger partial charge in [0.1, 0.15) is 11.5 Å². The zero-order valence-corrected chi connectivity index (χ0v) is 10.8. The summed E-state index contributed by atoms with van der Waals surface area (Å²) in [4.78, 5) is 11.7. The van der Waals surface area contributed by atoms with Crippen LogP contribution in [0.1, 0.15) is 50.7 Å². The minimum absolute atomic E-state index is 0.0208. The molecule has 1 aromatic rings. The third-order valence-corrected chi connectivity index (χ3v) is 2.67. The van der Waals surface area contributed by atoms with E-state index in [0.29, 0.717) is 6.42 Å². The molecule has 96 valence electrons. The standard InChI is InChI=1S/C13H22N2O2/c1-4-5-11(14)8-13(16)15-10(3)12-7-6-9(2)17-12/h6-7,10-11H,4-5,8,14H2,1-3H3,(H,15,16). The molecule has 0 saturated heterocycles. The minimum atomic E-state index is -0.106. The van der Waals surface area contributed by atoms with Gasteiger partial charge in [-0.1, -0.05) is 13.3 Å². The normalized spacial score (nSPS) is 14.4. The summed E-state index contributed by atoms with van der Waals surface area (Å²) in [6.07, 6.45) is 2.25. The number of rotatable bonds is 6. The molecule has 0 aliphatic carbocycles. The topological polar surface area (TPSA) is 68.3 Å². The second kappa shape index (κ2) is 6.45. The largest absolute Gasteiger partial charge is 0.464 e. The number of carbonyl (C=O) groups is 1. The highest BCUT2D eigenvalue weighted by molar-refractivity contribution is 5.76. The van der Waals surface area contributed by atoms with E-state index in [4.69, 9.17) is 10.2 Å². The average molecular weight is 238 g/mol. The lowest BCUT2D eigenvalue weighted by Gasteiger charge is -2.14. The van der Waals surface area contributed by atoms with Crippen LogP contribution in [0, 0.1) is 6.92 Å². The molecule has 0 aliphatic heterocycles. The van der Waals surface area contributed by atoms with Crippen LogP contribution in [-0.2, 0) is 4.79 Å². The summed E-state index contributed by atoms with van der Waals surface area (Å²) in [6, 6.07) is 3.61. The molecule has 0 aliphatic rings. The lowest BCUT2D eigenvalue weighted by Crippen LogP contribution is -2.33. The minimum Gasteiger partial charge on any atom is -0.464 e. The van der Waals surface area contributed by atoms with Crippen LogP contribution in [0.25, 0.3) is 0 Å². The van der Waals surface area contributed by atoms with Crippen LogP contribution in [0.5, 0.6) is 0 Å². The van der Waals surface area contributed by atoms with Gasteiger partial charge in [-0.3, -0.25) is 4.79 Å². The van der Waals surface area contributed by atoms with Gasteiger partial charge in [-0.15, -0.1) is 0 Å². The van der Waals surface area contributed by atoms with Crippen molar-refractivity contribution in [3.8, 4) is 0 Å². The Kier molecular flexibility index (Phi) is 5.22. The first-order chi connectivity index (χ1) is 8.02. The number of hydrogen-bond donors (Lipinski definition) is 2. The fourth-order valence-electron chi connectivity index (χ4n) is 1.77. The van der Waals surface area contributed by atoms with E-state index < -0.39 is 0 Å². The maximum absolute atomic E-state index is 11.7. The van der Waals surface area contributed by atoms with E-state index >= 15 is 0 Å². The molecule has 0 radical (unpaired) electrons. The summed E-state index contributed by atoms with van der Waals surface area (Å²) in [6.45, 7) is 5.85. The molecule has 1 heterocycles. The van der Waals surface area contributed by atoms with E-state index in [2.05, 4.69) is 12.2 Å². The molecule has 0 saturated carbocycles. The van der Waals surface area contributed by atoms with E-state index in [1.54, 1.807) is 0 Å². The van der Waals surface area contributed by atoms with Gasteiger partial charge in [-0.2, -0.15) is 0 Å². The third-order valence-electron chi connectivity index (χ3n) is 2.67. The number of carbonyl (C=O) groups excluding carboxylic acids is 1. The van der Waals surface area contributed by atoms with Gasteiger partial charge in [0.2, 0.25) is 5.91 Å². The highest BCUT2D eigenvalue weighted by Crippen LogP contribution is 2.15. The Labute approximate surface area is 103 Å². The number of nitrogens with one attached hydrogen (secondary N) is 1. The van der Waals surface area contributed by atoms with Crippen molar-refractivity contribution in [2.75, 3.05) is 0 Å². The number of furan rings is 1. The lowest BCUT2D eigenvalue weighted by atomic mass is 10.1. The molecule has 0 aromatic carbocycles. The van der Waals surface area contributed by atoms with Crippen molar-refractivity contribution in [1.29, 1.82) is 0 Å². The van der Waals surface area contributed by atoms with Crippen LogP contribution in [0.15, 0.2) is 16.5 Å². The monoisotopic (exact) mass is 238 g/mol. The second-order valence-corrected chi connectivity index (χ2v) is 4.49. The van der Waals surface area contributed by atoms with Crippen LogP contribution in [0.4, 0.5) is 0 Å². The highest BCUT2D eigenvalue weighted by Gasteiger charge is 2.14. The predicted molar refractivity (Wildman–Crippen MR) is 67.5 cm³/mol. The van der Waals surface area contributed by atoms with Gasteiger partial charge in [0.25, 0.3) is 0 Å². The number of nitrogens with two attached hydrogens (primary N) is 1. The van der Waals surface area contributed by atoms with Crippen molar-refractivity contribution in [3.05, 3.63) is 23.7 Å². The molecule has 1 rings (SSSR count). The molecule has 2 atom stereocenters. The van der Waals surface area contributed by atoms with Crippen molar-refractivity contribution in [2.24, 2.45) is 5.73 Å². The van der Waals surface area contributed by atoms with E-state index in [0.717, 1.165) is 24.4 Å². The molecule has 0 spiro atoms. The van der Waals surface area contributed by atoms with Crippen molar-refractivity contribution in [3.63, 3.8) is 0 Å². The van der Waals surface area contributed by atoms with E-state index in [1.165, 1.54) is 0 Å². The fraction of sp³-hybridized carbons (Fsp3) is 0.615. The Morgan fingerprint density at radius 3 is 2.76 bits per heavy atom. The van der Waals surface area contributed by atoms with Gasteiger partial charge in [-0.05, 0) is 32.4 Å². The van der Waals surface area contributed by atoms with Crippen LogP contribution in [0.2, 0.25) is 0 Å². The first-order valence-electron chi connectivity index (χ1n) is 6.14. The van der Waals surface area contributed by atoms with Gasteiger partial charge in [0, 0.05) is 12.5 Å². The van der Waals surface area contributed by atoms with Crippen LogP contribution < -0.4 is 11.1 Å². The Morgan fingerprint density at radius 2 is 2.24 bits per heavy atom. The van der Waals surface area contributed by atoms with Gasteiger partial charge in [0.15, 0.2) is 0 Å². The number of hydrogen-bond acceptors (Lipinski definition) is 3. The Balaban J connectivity index is 2.40. The summed E-state index contributed by atoms with van der Waals surface area (Å²) < 4.78 is 5.45.